The molecule has 2 heterocycles. The van der Waals surface area contributed by atoms with Gasteiger partial charge in [0.15, 0.2) is 5.96 Å². The molecule has 1 aromatic carbocycles. The number of aliphatic imine (C=N–C) groups is 1. The molecule has 1 saturated carbocycles. The van der Waals surface area contributed by atoms with Crippen LogP contribution < -0.4 is 10.6 Å². The zero-order chi connectivity index (χ0) is 13.4. The second kappa shape index (κ2) is 4.81. The minimum Gasteiger partial charge on any atom is -0.354 e. The van der Waals surface area contributed by atoms with Crippen LogP contribution in [0.3, 0.4) is 0 Å². The van der Waals surface area contributed by atoms with Crippen molar-refractivity contribution >= 4 is 22.7 Å². The molecule has 0 amide bonds. The van der Waals surface area contributed by atoms with Crippen LogP contribution in [0.4, 0.5) is 5.69 Å². The van der Waals surface area contributed by atoms with E-state index in [0.717, 1.165) is 30.3 Å². The van der Waals surface area contributed by atoms with E-state index in [1.807, 2.05) is 6.33 Å². The van der Waals surface area contributed by atoms with E-state index >= 15 is 0 Å². The van der Waals surface area contributed by atoms with Gasteiger partial charge in [-0.25, -0.2) is 4.98 Å². The van der Waals surface area contributed by atoms with Crippen LogP contribution in [0.25, 0.3) is 11.0 Å². The molecule has 2 aromatic rings. The lowest BCUT2D eigenvalue weighted by Crippen LogP contribution is -2.26. The fourth-order valence-electron chi connectivity index (χ4n) is 3.20. The molecule has 5 nitrogen and oxygen atoms in total. The molecule has 20 heavy (non-hydrogen) atoms. The summed E-state index contributed by atoms with van der Waals surface area (Å²) in [4.78, 5) is 8.91. The maximum Gasteiger partial charge on any atom is 0.195 e. The number of aromatic nitrogens is 2. The fraction of sp³-hybridized carbons (Fsp3) is 0.467. The van der Waals surface area contributed by atoms with Crippen LogP contribution in [0.1, 0.15) is 31.7 Å². The van der Waals surface area contributed by atoms with Gasteiger partial charge in [0, 0.05) is 18.3 Å². The van der Waals surface area contributed by atoms with E-state index in [-0.39, 0.29) is 0 Å². The predicted octanol–water partition coefficient (Wildman–Crippen LogP) is 2.52. The second-order valence-corrected chi connectivity index (χ2v) is 5.58. The Bertz CT molecular complexity index is 651. The third kappa shape index (κ3) is 2.03. The van der Waals surface area contributed by atoms with Gasteiger partial charge in [0.2, 0.25) is 0 Å². The summed E-state index contributed by atoms with van der Waals surface area (Å²) in [6, 6.07) is 7.01. The van der Waals surface area contributed by atoms with E-state index < -0.39 is 0 Å². The highest BCUT2D eigenvalue weighted by Crippen LogP contribution is 2.32. The first-order valence-electron chi connectivity index (χ1n) is 7.42. The van der Waals surface area contributed by atoms with E-state index in [0.29, 0.717) is 6.04 Å². The second-order valence-electron chi connectivity index (χ2n) is 5.58. The Hall–Kier alpha value is -2.04. The molecule has 0 unspecified atom stereocenters. The van der Waals surface area contributed by atoms with Gasteiger partial charge in [-0.2, -0.15) is 0 Å². The first-order valence-corrected chi connectivity index (χ1v) is 7.42. The number of guanidine groups is 1. The summed E-state index contributed by atoms with van der Waals surface area (Å²) < 4.78 is 2.34. The number of hydrogen-bond acceptors (Lipinski definition) is 4. The molecule has 1 aromatic heterocycles. The molecular weight excluding hydrogens is 250 g/mol. The highest BCUT2D eigenvalue weighted by Gasteiger charge is 2.18. The summed E-state index contributed by atoms with van der Waals surface area (Å²) in [5.74, 6) is 0.861. The Kier molecular flexibility index (Phi) is 2.83. The van der Waals surface area contributed by atoms with Crippen molar-refractivity contribution in [2.45, 2.75) is 31.7 Å². The molecule has 1 aliphatic heterocycles. The number of nitrogens with zero attached hydrogens (tertiary/aromatic N) is 3. The van der Waals surface area contributed by atoms with Crippen LogP contribution in [0, 0.1) is 0 Å². The van der Waals surface area contributed by atoms with Crippen molar-refractivity contribution in [3.63, 3.8) is 0 Å². The standard InChI is InChI=1S/C15H19N5/c1-2-4-12(3-1)20-10-18-13-9-11(5-6-14(13)20)19-15-16-7-8-17-15/h5-6,9-10,12H,1-4,7-8H2,(H2,16,17,19). The minimum absolute atomic E-state index is 0.639. The summed E-state index contributed by atoms with van der Waals surface area (Å²) in [7, 11) is 0. The Morgan fingerprint density at radius 1 is 1.25 bits per heavy atom. The SMILES string of the molecule is c1cc2c(cc1NC1=NCCN1)ncn2C1CCCC1. The number of imidazole rings is 1. The molecule has 1 aliphatic carbocycles. The maximum absolute atomic E-state index is 4.56. The van der Waals surface area contributed by atoms with Crippen LogP contribution in [0.5, 0.6) is 0 Å². The molecular formula is C15H19N5. The lowest BCUT2D eigenvalue weighted by atomic mass is 10.2. The van der Waals surface area contributed by atoms with Gasteiger partial charge in [0.25, 0.3) is 0 Å². The molecule has 1 fully saturated rings. The van der Waals surface area contributed by atoms with Gasteiger partial charge in [-0.3, -0.25) is 4.99 Å². The van der Waals surface area contributed by atoms with E-state index in [1.165, 1.54) is 31.2 Å². The van der Waals surface area contributed by atoms with Crippen molar-refractivity contribution in [3.05, 3.63) is 24.5 Å². The first kappa shape index (κ1) is 11.8. The molecule has 0 bridgehead atoms. The highest BCUT2D eigenvalue weighted by atomic mass is 15.2. The predicted molar refractivity (Wildman–Crippen MR) is 81.2 cm³/mol. The van der Waals surface area contributed by atoms with Crippen LogP contribution in [0.2, 0.25) is 0 Å². The molecule has 2 aliphatic rings. The first-order chi connectivity index (χ1) is 9.90. The average Bonchev–Trinajstić information content (AvgIpc) is 3.19. The number of hydrogen-bond donors (Lipinski definition) is 2. The van der Waals surface area contributed by atoms with Gasteiger partial charge in [-0.05, 0) is 31.0 Å². The maximum atomic E-state index is 4.56. The number of rotatable bonds is 2. The third-order valence-electron chi connectivity index (χ3n) is 4.23. The van der Waals surface area contributed by atoms with Crippen molar-refractivity contribution in [1.82, 2.24) is 14.9 Å². The largest absolute Gasteiger partial charge is 0.354 e. The summed E-state index contributed by atoms with van der Waals surface area (Å²) in [6.07, 6.45) is 7.25. The van der Waals surface area contributed by atoms with Crippen molar-refractivity contribution in [2.24, 2.45) is 4.99 Å². The Balaban J connectivity index is 1.63. The number of benzene rings is 1. The molecule has 4 rings (SSSR count). The van der Waals surface area contributed by atoms with Gasteiger partial charge in [0.1, 0.15) is 0 Å². The van der Waals surface area contributed by atoms with Crippen molar-refractivity contribution in [3.8, 4) is 0 Å². The zero-order valence-electron chi connectivity index (χ0n) is 11.5. The highest BCUT2D eigenvalue weighted by molar-refractivity contribution is 5.96. The quantitative estimate of drug-likeness (QED) is 0.881. The van der Waals surface area contributed by atoms with Gasteiger partial charge in [0.05, 0.1) is 23.9 Å². The Labute approximate surface area is 118 Å². The third-order valence-corrected chi connectivity index (χ3v) is 4.23. The molecule has 2 N–H and O–H groups in total. The number of nitrogens with one attached hydrogen (secondary N) is 2. The lowest BCUT2D eigenvalue weighted by Gasteiger charge is -2.12. The normalized spacial score (nSPS) is 19.3. The summed E-state index contributed by atoms with van der Waals surface area (Å²) in [5.41, 5.74) is 3.34. The fourth-order valence-corrected chi connectivity index (χ4v) is 3.20. The number of fused-ring (bicyclic) bond motifs is 1. The van der Waals surface area contributed by atoms with Gasteiger partial charge >= 0.3 is 0 Å². The summed E-state index contributed by atoms with van der Waals surface area (Å²) >= 11 is 0. The minimum atomic E-state index is 0.639. The zero-order valence-corrected chi connectivity index (χ0v) is 11.5. The van der Waals surface area contributed by atoms with E-state index in [9.17, 15) is 0 Å². The Morgan fingerprint density at radius 2 is 2.15 bits per heavy atom. The summed E-state index contributed by atoms with van der Waals surface area (Å²) in [5, 5.41) is 6.52. The molecule has 0 atom stereocenters. The number of anilines is 1. The smallest absolute Gasteiger partial charge is 0.195 e. The molecule has 5 heteroatoms. The summed E-state index contributed by atoms with van der Waals surface area (Å²) in [6.45, 7) is 1.77. The van der Waals surface area contributed by atoms with Crippen LogP contribution in [-0.2, 0) is 0 Å². The van der Waals surface area contributed by atoms with Crippen molar-refractivity contribution in [1.29, 1.82) is 0 Å². The average molecular weight is 269 g/mol. The van der Waals surface area contributed by atoms with Gasteiger partial charge in [-0.15, -0.1) is 0 Å². The lowest BCUT2D eigenvalue weighted by molar-refractivity contribution is 0.532. The van der Waals surface area contributed by atoms with Crippen LogP contribution in [0.15, 0.2) is 29.5 Å². The topological polar surface area (TPSA) is 54.2 Å². The van der Waals surface area contributed by atoms with Crippen LogP contribution >= 0.6 is 0 Å². The molecule has 0 saturated heterocycles. The van der Waals surface area contributed by atoms with E-state index in [2.05, 4.69) is 43.4 Å². The molecule has 0 radical (unpaired) electrons. The van der Waals surface area contributed by atoms with Crippen molar-refractivity contribution < 1.29 is 0 Å². The molecule has 104 valence electrons. The van der Waals surface area contributed by atoms with Gasteiger partial charge < -0.3 is 15.2 Å². The van der Waals surface area contributed by atoms with Crippen LogP contribution in [-0.4, -0.2) is 28.6 Å². The Morgan fingerprint density at radius 3 is 2.95 bits per heavy atom. The monoisotopic (exact) mass is 269 g/mol. The van der Waals surface area contributed by atoms with Gasteiger partial charge in [-0.1, -0.05) is 12.8 Å². The van der Waals surface area contributed by atoms with E-state index in [4.69, 9.17) is 0 Å². The molecule has 0 spiro atoms. The van der Waals surface area contributed by atoms with Crippen molar-refractivity contribution in [2.75, 3.05) is 18.4 Å². The van der Waals surface area contributed by atoms with E-state index in [1.54, 1.807) is 0 Å².